The van der Waals surface area contributed by atoms with E-state index in [0.717, 1.165) is 13.0 Å². The van der Waals surface area contributed by atoms with Crippen molar-refractivity contribution in [2.45, 2.75) is 33.2 Å². The van der Waals surface area contributed by atoms with E-state index in [1.54, 1.807) is 4.90 Å². The minimum Gasteiger partial charge on any atom is -0.337 e. The lowest BCUT2D eigenvalue weighted by atomic mass is 10.3. The van der Waals surface area contributed by atoms with E-state index in [2.05, 4.69) is 13.8 Å². The third kappa shape index (κ3) is 1.99. The number of nitrogens with zero attached hydrogens (tertiary/aromatic N) is 2. The fraction of sp³-hybridized carbons (Fsp3) is 0.778. The molecule has 4 heteroatoms. The summed E-state index contributed by atoms with van der Waals surface area (Å²) in [4.78, 5) is 15.2. The molecule has 1 fully saturated rings. The number of carbonyl (C=O) groups is 1. The Hall–Kier alpha value is -0.640. The van der Waals surface area contributed by atoms with E-state index < -0.39 is 0 Å². The smallest absolute Gasteiger partial charge is 0.248 e. The largest absolute Gasteiger partial charge is 0.337 e. The lowest BCUT2D eigenvalue weighted by molar-refractivity contribution is -0.125. The molecule has 0 unspecified atom stereocenters. The Labute approximate surface area is 84.7 Å². The summed E-state index contributed by atoms with van der Waals surface area (Å²) in [6.07, 6.45) is 0.956. The number of rotatable bonds is 3. The molecule has 1 amide bonds. The molecule has 0 atom stereocenters. The van der Waals surface area contributed by atoms with Gasteiger partial charge in [0.15, 0.2) is 5.11 Å². The van der Waals surface area contributed by atoms with Crippen molar-refractivity contribution >= 4 is 23.2 Å². The molecule has 1 aliphatic rings. The third-order valence-corrected chi connectivity index (χ3v) is 2.61. The molecule has 0 aliphatic carbocycles. The summed E-state index contributed by atoms with van der Waals surface area (Å²) in [5.41, 5.74) is 0. The molecule has 13 heavy (non-hydrogen) atoms. The van der Waals surface area contributed by atoms with E-state index in [1.807, 2.05) is 11.8 Å². The number of carbonyl (C=O) groups excluding carboxylic acids is 1. The average molecular weight is 200 g/mol. The lowest BCUT2D eigenvalue weighted by Gasteiger charge is -2.23. The van der Waals surface area contributed by atoms with Crippen molar-refractivity contribution in [3.63, 3.8) is 0 Å². The summed E-state index contributed by atoms with van der Waals surface area (Å²) in [6.45, 7) is 7.36. The predicted molar refractivity (Wildman–Crippen MR) is 56.4 cm³/mol. The maximum atomic E-state index is 11.5. The van der Waals surface area contributed by atoms with Crippen LogP contribution in [0.1, 0.15) is 27.2 Å². The summed E-state index contributed by atoms with van der Waals surface area (Å²) >= 11 is 5.21. The molecule has 1 rings (SSSR count). The minimum absolute atomic E-state index is 0.139. The van der Waals surface area contributed by atoms with Gasteiger partial charge in [0.05, 0.1) is 6.54 Å². The van der Waals surface area contributed by atoms with Crippen LogP contribution in [-0.2, 0) is 4.79 Å². The van der Waals surface area contributed by atoms with E-state index >= 15 is 0 Å². The molecule has 1 aliphatic heterocycles. The summed E-state index contributed by atoms with van der Waals surface area (Å²) in [7, 11) is 0. The Morgan fingerprint density at radius 3 is 2.54 bits per heavy atom. The second-order valence-corrected chi connectivity index (χ2v) is 3.91. The van der Waals surface area contributed by atoms with Crippen LogP contribution in [0.3, 0.4) is 0 Å². The average Bonchev–Trinajstić information content (AvgIpc) is 2.32. The van der Waals surface area contributed by atoms with Gasteiger partial charge >= 0.3 is 0 Å². The molecule has 0 radical (unpaired) electrons. The van der Waals surface area contributed by atoms with Gasteiger partial charge in [-0.25, -0.2) is 0 Å². The number of thiocarbonyl (C=S) groups is 1. The second-order valence-electron chi connectivity index (χ2n) is 3.55. The standard InChI is InChI=1S/C9H16N2OS/c1-4-5-10-8(12)6-11(7(2)3)9(10)13/h7H,4-6H2,1-3H3. The van der Waals surface area contributed by atoms with E-state index in [1.165, 1.54) is 0 Å². The van der Waals surface area contributed by atoms with Crippen LogP contribution in [0.25, 0.3) is 0 Å². The SMILES string of the molecule is CCCN1C(=O)CN(C(C)C)C1=S. The van der Waals surface area contributed by atoms with Gasteiger partial charge in [0.25, 0.3) is 0 Å². The molecule has 0 aromatic rings. The maximum absolute atomic E-state index is 11.5. The molecule has 0 aromatic heterocycles. The van der Waals surface area contributed by atoms with Gasteiger partial charge in [0, 0.05) is 12.6 Å². The highest BCUT2D eigenvalue weighted by Gasteiger charge is 2.32. The quantitative estimate of drug-likeness (QED) is 0.640. The van der Waals surface area contributed by atoms with Gasteiger partial charge in [0.2, 0.25) is 5.91 Å². The van der Waals surface area contributed by atoms with Gasteiger partial charge in [-0.05, 0) is 32.5 Å². The van der Waals surface area contributed by atoms with Gasteiger partial charge in [-0.15, -0.1) is 0 Å². The molecule has 0 N–H and O–H groups in total. The summed E-state index contributed by atoms with van der Waals surface area (Å²) in [5.74, 6) is 0.139. The maximum Gasteiger partial charge on any atom is 0.248 e. The number of hydrogen-bond donors (Lipinski definition) is 0. The van der Waals surface area contributed by atoms with Crippen LogP contribution in [-0.4, -0.2) is 40.0 Å². The predicted octanol–water partition coefficient (Wildman–Crippen LogP) is 1.23. The first-order valence-corrected chi connectivity index (χ1v) is 5.09. The van der Waals surface area contributed by atoms with E-state index in [-0.39, 0.29) is 5.91 Å². The highest BCUT2D eigenvalue weighted by Crippen LogP contribution is 2.13. The second kappa shape index (κ2) is 4.05. The van der Waals surface area contributed by atoms with Crippen molar-refractivity contribution in [2.75, 3.05) is 13.1 Å². The topological polar surface area (TPSA) is 23.6 Å². The minimum atomic E-state index is 0.139. The summed E-state index contributed by atoms with van der Waals surface area (Å²) in [6, 6.07) is 0.318. The van der Waals surface area contributed by atoms with E-state index in [0.29, 0.717) is 17.7 Å². The summed E-state index contributed by atoms with van der Waals surface area (Å²) < 4.78 is 0. The molecule has 0 aromatic carbocycles. The Morgan fingerprint density at radius 1 is 1.54 bits per heavy atom. The fourth-order valence-electron chi connectivity index (χ4n) is 1.41. The van der Waals surface area contributed by atoms with Crippen molar-refractivity contribution < 1.29 is 4.79 Å². The first-order chi connectivity index (χ1) is 6.07. The van der Waals surface area contributed by atoms with Crippen LogP contribution in [0.2, 0.25) is 0 Å². The molecule has 1 saturated heterocycles. The van der Waals surface area contributed by atoms with Gasteiger partial charge in [-0.3, -0.25) is 9.69 Å². The zero-order chi connectivity index (χ0) is 10.0. The lowest BCUT2D eigenvalue weighted by Crippen LogP contribution is -2.36. The molecule has 0 spiro atoms. The van der Waals surface area contributed by atoms with Crippen molar-refractivity contribution in [3.05, 3.63) is 0 Å². The molecule has 0 bridgehead atoms. The van der Waals surface area contributed by atoms with Gasteiger partial charge in [0.1, 0.15) is 0 Å². The molecule has 3 nitrogen and oxygen atoms in total. The van der Waals surface area contributed by atoms with Crippen LogP contribution in [0, 0.1) is 0 Å². The summed E-state index contributed by atoms with van der Waals surface area (Å²) in [5, 5.41) is 0.696. The van der Waals surface area contributed by atoms with Crippen LogP contribution >= 0.6 is 12.2 Å². The monoisotopic (exact) mass is 200 g/mol. The van der Waals surface area contributed by atoms with E-state index in [9.17, 15) is 4.79 Å². The molecule has 0 saturated carbocycles. The van der Waals surface area contributed by atoms with Crippen LogP contribution in [0.4, 0.5) is 0 Å². The zero-order valence-corrected chi connectivity index (χ0v) is 9.23. The van der Waals surface area contributed by atoms with Gasteiger partial charge in [-0.2, -0.15) is 0 Å². The first-order valence-electron chi connectivity index (χ1n) is 4.69. The molecule has 74 valence electrons. The van der Waals surface area contributed by atoms with Crippen molar-refractivity contribution in [2.24, 2.45) is 0 Å². The molecule has 1 heterocycles. The Kier molecular flexibility index (Phi) is 3.25. The van der Waals surface area contributed by atoms with Gasteiger partial charge < -0.3 is 4.90 Å². The van der Waals surface area contributed by atoms with Crippen molar-refractivity contribution in [1.29, 1.82) is 0 Å². The number of hydrogen-bond acceptors (Lipinski definition) is 2. The highest BCUT2D eigenvalue weighted by molar-refractivity contribution is 7.80. The van der Waals surface area contributed by atoms with E-state index in [4.69, 9.17) is 12.2 Å². The van der Waals surface area contributed by atoms with Crippen molar-refractivity contribution in [1.82, 2.24) is 9.80 Å². The molecular weight excluding hydrogens is 184 g/mol. The van der Waals surface area contributed by atoms with Crippen LogP contribution in [0.5, 0.6) is 0 Å². The Bertz CT molecular complexity index is 228. The van der Waals surface area contributed by atoms with Crippen molar-refractivity contribution in [3.8, 4) is 0 Å². The molecular formula is C9H16N2OS. The Morgan fingerprint density at radius 2 is 2.15 bits per heavy atom. The van der Waals surface area contributed by atoms with Crippen LogP contribution < -0.4 is 0 Å². The Balaban J connectivity index is 2.69. The number of amides is 1. The fourth-order valence-corrected chi connectivity index (χ4v) is 1.88. The van der Waals surface area contributed by atoms with Gasteiger partial charge in [-0.1, -0.05) is 6.92 Å². The normalized spacial score (nSPS) is 17.8. The third-order valence-electron chi connectivity index (χ3n) is 2.15. The zero-order valence-electron chi connectivity index (χ0n) is 8.41. The first kappa shape index (κ1) is 10.4. The highest BCUT2D eigenvalue weighted by atomic mass is 32.1. The van der Waals surface area contributed by atoms with Crippen LogP contribution in [0.15, 0.2) is 0 Å².